The number of rotatable bonds is 3. The van der Waals surface area contributed by atoms with Gasteiger partial charge in [0.15, 0.2) is 5.82 Å². The Kier molecular flexibility index (Phi) is 4.26. The lowest BCUT2D eigenvalue weighted by molar-refractivity contribution is 1.22. The van der Waals surface area contributed by atoms with E-state index in [0.717, 1.165) is 16.5 Å². The second-order valence-electron chi connectivity index (χ2n) is 5.53. The number of hydrogen-bond donors (Lipinski definition) is 1. The zero-order valence-electron chi connectivity index (χ0n) is 13.1. The maximum atomic E-state index is 6.29. The first-order valence-corrected chi connectivity index (χ1v) is 8.50. The molecular weight excluding hydrogens is 353 g/mol. The van der Waals surface area contributed by atoms with Gasteiger partial charge in [-0.1, -0.05) is 65.7 Å². The largest absolute Gasteiger partial charge is 0.338 e. The molecule has 0 unspecified atom stereocenters. The Labute approximate surface area is 155 Å². The van der Waals surface area contributed by atoms with Gasteiger partial charge in [0.25, 0.3) is 0 Å². The molecule has 4 aromatic rings. The van der Waals surface area contributed by atoms with Gasteiger partial charge in [-0.05, 0) is 30.3 Å². The summed E-state index contributed by atoms with van der Waals surface area (Å²) in [4.78, 5) is 9.39. The van der Waals surface area contributed by atoms with Gasteiger partial charge in [0.05, 0.1) is 16.2 Å². The lowest BCUT2D eigenvalue weighted by Gasteiger charge is -2.12. The van der Waals surface area contributed by atoms with Gasteiger partial charge in [0.1, 0.15) is 5.82 Å². The van der Waals surface area contributed by atoms with Gasteiger partial charge in [-0.15, -0.1) is 0 Å². The molecule has 0 bridgehead atoms. The zero-order chi connectivity index (χ0) is 17.2. The fourth-order valence-electron chi connectivity index (χ4n) is 2.61. The highest BCUT2D eigenvalue weighted by Gasteiger charge is 2.11. The van der Waals surface area contributed by atoms with E-state index in [1.807, 2.05) is 54.6 Å². The van der Waals surface area contributed by atoms with Crippen LogP contribution in [0, 0.1) is 0 Å². The quantitative estimate of drug-likeness (QED) is 0.459. The molecule has 0 aliphatic carbocycles. The van der Waals surface area contributed by atoms with Crippen LogP contribution in [0.25, 0.3) is 22.3 Å². The second-order valence-corrected chi connectivity index (χ2v) is 6.37. The molecule has 1 aromatic heterocycles. The SMILES string of the molecule is Clc1ccc(Cl)c(Nc2nc(-c3ccccc3)nc3ccccc23)c1. The van der Waals surface area contributed by atoms with Crippen molar-refractivity contribution in [1.82, 2.24) is 9.97 Å². The molecule has 3 aromatic carbocycles. The van der Waals surface area contributed by atoms with Crippen molar-refractivity contribution < 1.29 is 0 Å². The Bertz CT molecular complexity index is 1050. The smallest absolute Gasteiger partial charge is 0.162 e. The van der Waals surface area contributed by atoms with Crippen LogP contribution in [-0.2, 0) is 0 Å². The predicted octanol–water partition coefficient (Wildman–Crippen LogP) is 6.35. The van der Waals surface area contributed by atoms with E-state index in [-0.39, 0.29) is 0 Å². The average Bonchev–Trinajstić information content (AvgIpc) is 2.65. The number of nitrogens with zero attached hydrogens (tertiary/aromatic N) is 2. The summed E-state index contributed by atoms with van der Waals surface area (Å²) < 4.78 is 0. The number of hydrogen-bond acceptors (Lipinski definition) is 3. The fraction of sp³-hybridized carbons (Fsp3) is 0. The molecule has 0 radical (unpaired) electrons. The maximum Gasteiger partial charge on any atom is 0.162 e. The van der Waals surface area contributed by atoms with Crippen molar-refractivity contribution in [2.45, 2.75) is 0 Å². The molecular formula is C20H13Cl2N3. The van der Waals surface area contributed by atoms with Gasteiger partial charge in [-0.3, -0.25) is 0 Å². The Morgan fingerprint density at radius 3 is 2.36 bits per heavy atom. The highest BCUT2D eigenvalue weighted by Crippen LogP contribution is 2.31. The third-order valence-electron chi connectivity index (χ3n) is 3.82. The third kappa shape index (κ3) is 3.29. The minimum Gasteiger partial charge on any atom is -0.338 e. The molecule has 0 fully saturated rings. The van der Waals surface area contributed by atoms with Gasteiger partial charge >= 0.3 is 0 Å². The predicted molar refractivity (Wildman–Crippen MR) is 105 cm³/mol. The van der Waals surface area contributed by atoms with E-state index in [1.54, 1.807) is 18.2 Å². The van der Waals surface area contributed by atoms with Gasteiger partial charge in [-0.25, -0.2) is 9.97 Å². The first-order valence-electron chi connectivity index (χ1n) is 7.75. The van der Waals surface area contributed by atoms with Gasteiger partial charge in [0.2, 0.25) is 0 Å². The van der Waals surface area contributed by atoms with E-state index in [4.69, 9.17) is 28.2 Å². The Morgan fingerprint density at radius 2 is 1.52 bits per heavy atom. The molecule has 4 rings (SSSR count). The van der Waals surface area contributed by atoms with Crippen LogP contribution in [0.5, 0.6) is 0 Å². The standard InChI is InChI=1S/C20H13Cl2N3/c21-14-10-11-16(22)18(12-14)24-20-15-8-4-5-9-17(15)23-19(25-20)13-6-2-1-3-7-13/h1-12H,(H,23,24,25). The summed E-state index contributed by atoms with van der Waals surface area (Å²) in [6, 6.07) is 23.0. The Hall–Kier alpha value is -2.62. The molecule has 3 nitrogen and oxygen atoms in total. The van der Waals surface area contributed by atoms with E-state index in [9.17, 15) is 0 Å². The third-order valence-corrected chi connectivity index (χ3v) is 4.38. The first kappa shape index (κ1) is 15.9. The van der Waals surface area contributed by atoms with E-state index >= 15 is 0 Å². The maximum absolute atomic E-state index is 6.29. The van der Waals surface area contributed by atoms with Crippen LogP contribution in [0.3, 0.4) is 0 Å². The van der Waals surface area contributed by atoms with Crippen molar-refractivity contribution in [3.05, 3.63) is 82.8 Å². The molecule has 25 heavy (non-hydrogen) atoms. The summed E-state index contributed by atoms with van der Waals surface area (Å²) in [5, 5.41) is 5.40. The van der Waals surface area contributed by atoms with Crippen molar-refractivity contribution in [3.63, 3.8) is 0 Å². The van der Waals surface area contributed by atoms with E-state index in [1.165, 1.54) is 0 Å². The summed E-state index contributed by atoms with van der Waals surface area (Å²) in [5.41, 5.74) is 2.52. The summed E-state index contributed by atoms with van der Waals surface area (Å²) >= 11 is 12.4. The minimum atomic E-state index is 0.577. The normalized spacial score (nSPS) is 10.8. The number of halogens is 2. The van der Waals surface area contributed by atoms with Crippen molar-refractivity contribution >= 4 is 45.6 Å². The molecule has 1 heterocycles. The number of nitrogens with one attached hydrogen (secondary N) is 1. The van der Waals surface area contributed by atoms with Crippen molar-refractivity contribution in [2.24, 2.45) is 0 Å². The number of benzene rings is 3. The molecule has 0 amide bonds. The lowest BCUT2D eigenvalue weighted by atomic mass is 10.2. The van der Waals surface area contributed by atoms with Crippen LogP contribution in [0.1, 0.15) is 0 Å². The second kappa shape index (κ2) is 6.71. The fourth-order valence-corrected chi connectivity index (χ4v) is 2.95. The van der Waals surface area contributed by atoms with Crippen molar-refractivity contribution in [1.29, 1.82) is 0 Å². The Balaban J connectivity index is 1.88. The van der Waals surface area contributed by atoms with Crippen LogP contribution < -0.4 is 5.32 Å². The molecule has 1 N–H and O–H groups in total. The minimum absolute atomic E-state index is 0.577. The monoisotopic (exact) mass is 365 g/mol. The summed E-state index contributed by atoms with van der Waals surface area (Å²) in [6.07, 6.45) is 0. The molecule has 5 heteroatoms. The van der Waals surface area contributed by atoms with E-state index in [2.05, 4.69) is 10.3 Å². The summed E-state index contributed by atoms with van der Waals surface area (Å²) in [5.74, 6) is 1.34. The molecule has 0 aliphatic heterocycles. The van der Waals surface area contributed by atoms with Gasteiger partial charge in [0, 0.05) is 16.0 Å². The number of anilines is 2. The highest BCUT2D eigenvalue weighted by molar-refractivity contribution is 6.35. The van der Waals surface area contributed by atoms with Crippen LogP contribution in [0.4, 0.5) is 11.5 Å². The van der Waals surface area contributed by atoms with E-state index in [0.29, 0.717) is 27.4 Å². The van der Waals surface area contributed by atoms with Gasteiger partial charge < -0.3 is 5.32 Å². The van der Waals surface area contributed by atoms with Crippen LogP contribution >= 0.6 is 23.2 Å². The molecule has 0 saturated heterocycles. The van der Waals surface area contributed by atoms with Crippen molar-refractivity contribution in [3.8, 4) is 11.4 Å². The van der Waals surface area contributed by atoms with Gasteiger partial charge in [-0.2, -0.15) is 0 Å². The molecule has 0 spiro atoms. The van der Waals surface area contributed by atoms with Crippen molar-refractivity contribution in [2.75, 3.05) is 5.32 Å². The Morgan fingerprint density at radius 1 is 0.760 bits per heavy atom. The van der Waals surface area contributed by atoms with Crippen LogP contribution in [0.2, 0.25) is 10.0 Å². The van der Waals surface area contributed by atoms with E-state index < -0.39 is 0 Å². The topological polar surface area (TPSA) is 37.8 Å². The zero-order valence-corrected chi connectivity index (χ0v) is 14.6. The highest BCUT2D eigenvalue weighted by atomic mass is 35.5. The number of para-hydroxylation sites is 1. The molecule has 122 valence electrons. The lowest BCUT2D eigenvalue weighted by Crippen LogP contribution is -1.99. The number of fused-ring (bicyclic) bond motifs is 1. The molecule has 0 aliphatic rings. The van der Waals surface area contributed by atoms with Crippen LogP contribution in [-0.4, -0.2) is 9.97 Å². The summed E-state index contributed by atoms with van der Waals surface area (Å²) in [6.45, 7) is 0. The molecule has 0 saturated carbocycles. The number of aromatic nitrogens is 2. The summed E-state index contributed by atoms with van der Waals surface area (Å²) in [7, 11) is 0. The van der Waals surface area contributed by atoms with Crippen LogP contribution in [0.15, 0.2) is 72.8 Å². The molecule has 0 atom stereocenters. The first-order chi connectivity index (χ1) is 12.2. The average molecular weight is 366 g/mol.